The van der Waals surface area contributed by atoms with E-state index in [1.165, 1.54) is 6.07 Å². The summed E-state index contributed by atoms with van der Waals surface area (Å²) in [6, 6.07) is 12.4. The van der Waals surface area contributed by atoms with E-state index in [1.807, 2.05) is 31.3 Å². The molecule has 0 saturated heterocycles. The fraction of sp³-hybridized carbons (Fsp3) is 0.273. The number of amides is 1. The summed E-state index contributed by atoms with van der Waals surface area (Å²) in [6.07, 6.45) is 7.11. The first kappa shape index (κ1) is 19.6. The van der Waals surface area contributed by atoms with Crippen LogP contribution in [0.4, 0.5) is 10.1 Å². The predicted octanol–water partition coefficient (Wildman–Crippen LogP) is 4.18. The number of halogens is 1. The second-order valence-electron chi connectivity index (χ2n) is 6.76. The van der Waals surface area contributed by atoms with Gasteiger partial charge in [-0.05, 0) is 48.4 Å². The van der Waals surface area contributed by atoms with Gasteiger partial charge >= 0.3 is 0 Å². The third kappa shape index (κ3) is 4.76. The van der Waals surface area contributed by atoms with Crippen molar-refractivity contribution in [3.05, 3.63) is 78.1 Å². The molecule has 1 aromatic heterocycles. The number of aromatic nitrogens is 2. The van der Waals surface area contributed by atoms with Gasteiger partial charge in [0.25, 0.3) is 5.91 Å². The number of unbranched alkanes of at least 4 members (excludes halogenated alkanes) is 1. The van der Waals surface area contributed by atoms with Crippen LogP contribution in [0.3, 0.4) is 0 Å². The third-order valence-electron chi connectivity index (χ3n) is 4.67. The molecule has 5 nitrogen and oxygen atoms in total. The summed E-state index contributed by atoms with van der Waals surface area (Å²) in [6.45, 7) is 3.42. The van der Waals surface area contributed by atoms with Gasteiger partial charge in [-0.25, -0.2) is 9.37 Å². The Morgan fingerprint density at radius 3 is 2.64 bits per heavy atom. The molecule has 1 amide bonds. The van der Waals surface area contributed by atoms with E-state index in [9.17, 15) is 9.18 Å². The fourth-order valence-electron chi connectivity index (χ4n) is 2.95. The smallest absolute Gasteiger partial charge is 0.251 e. The molecule has 0 fully saturated rings. The Balaban J connectivity index is 1.59. The SMILES string of the molecule is CCCCN(C)c1ccc(C(=O)NCc2ccc(-n3ccnc3)c(F)c2)cc1. The first-order chi connectivity index (χ1) is 13.6. The topological polar surface area (TPSA) is 50.2 Å². The van der Waals surface area contributed by atoms with Crippen molar-refractivity contribution in [3.8, 4) is 5.69 Å². The Morgan fingerprint density at radius 2 is 2.00 bits per heavy atom. The lowest BCUT2D eigenvalue weighted by atomic mass is 10.1. The van der Waals surface area contributed by atoms with Crippen molar-refractivity contribution in [2.45, 2.75) is 26.3 Å². The van der Waals surface area contributed by atoms with Crippen molar-refractivity contribution in [2.24, 2.45) is 0 Å². The molecule has 6 heteroatoms. The highest BCUT2D eigenvalue weighted by Gasteiger charge is 2.09. The lowest BCUT2D eigenvalue weighted by Gasteiger charge is -2.19. The fourth-order valence-corrected chi connectivity index (χ4v) is 2.95. The lowest BCUT2D eigenvalue weighted by Crippen LogP contribution is -2.23. The average Bonchev–Trinajstić information content (AvgIpc) is 3.25. The molecule has 3 rings (SSSR count). The number of hydrogen-bond donors (Lipinski definition) is 1. The molecule has 2 aromatic carbocycles. The van der Waals surface area contributed by atoms with Gasteiger partial charge in [-0.1, -0.05) is 19.4 Å². The zero-order chi connectivity index (χ0) is 19.9. The highest BCUT2D eigenvalue weighted by molar-refractivity contribution is 5.94. The molecule has 28 heavy (non-hydrogen) atoms. The van der Waals surface area contributed by atoms with Crippen LogP contribution in [0.2, 0.25) is 0 Å². The lowest BCUT2D eigenvalue weighted by molar-refractivity contribution is 0.0951. The minimum atomic E-state index is -0.357. The number of rotatable bonds is 8. The molecule has 0 unspecified atom stereocenters. The molecule has 0 spiro atoms. The summed E-state index contributed by atoms with van der Waals surface area (Å²) in [7, 11) is 2.05. The second-order valence-corrected chi connectivity index (χ2v) is 6.76. The van der Waals surface area contributed by atoms with E-state index in [0.29, 0.717) is 16.8 Å². The Morgan fingerprint density at radius 1 is 1.21 bits per heavy atom. The molecule has 0 bridgehead atoms. The van der Waals surface area contributed by atoms with Gasteiger partial charge in [0.05, 0.1) is 12.0 Å². The van der Waals surface area contributed by atoms with Crippen molar-refractivity contribution in [1.29, 1.82) is 0 Å². The van der Waals surface area contributed by atoms with E-state index >= 15 is 0 Å². The van der Waals surface area contributed by atoms with E-state index in [4.69, 9.17) is 0 Å². The number of nitrogens with one attached hydrogen (secondary N) is 1. The van der Waals surface area contributed by atoms with Crippen LogP contribution < -0.4 is 10.2 Å². The molecule has 0 aliphatic carbocycles. The van der Waals surface area contributed by atoms with Crippen LogP contribution in [0.25, 0.3) is 5.69 Å². The van der Waals surface area contributed by atoms with Gasteiger partial charge in [0.15, 0.2) is 0 Å². The molecular formula is C22H25FN4O. The predicted molar refractivity (Wildman–Crippen MR) is 109 cm³/mol. The molecule has 0 aliphatic rings. The van der Waals surface area contributed by atoms with Crippen LogP contribution in [-0.2, 0) is 6.54 Å². The quantitative estimate of drug-likeness (QED) is 0.638. The summed E-state index contributed by atoms with van der Waals surface area (Å²) >= 11 is 0. The Hall–Kier alpha value is -3.15. The molecule has 1 N–H and O–H groups in total. The Bertz CT molecular complexity index is 907. The van der Waals surface area contributed by atoms with E-state index in [2.05, 4.69) is 22.1 Å². The number of benzene rings is 2. The van der Waals surface area contributed by atoms with Gasteiger partial charge in [-0.2, -0.15) is 0 Å². The highest BCUT2D eigenvalue weighted by atomic mass is 19.1. The van der Waals surface area contributed by atoms with Gasteiger partial charge < -0.3 is 14.8 Å². The zero-order valence-electron chi connectivity index (χ0n) is 16.2. The maximum absolute atomic E-state index is 14.3. The minimum absolute atomic E-state index is 0.179. The van der Waals surface area contributed by atoms with Gasteiger partial charge in [-0.3, -0.25) is 4.79 Å². The maximum atomic E-state index is 14.3. The van der Waals surface area contributed by atoms with Gasteiger partial charge in [-0.15, -0.1) is 0 Å². The Kier molecular flexibility index (Phi) is 6.42. The largest absolute Gasteiger partial charge is 0.375 e. The van der Waals surface area contributed by atoms with E-state index < -0.39 is 0 Å². The molecule has 0 saturated carbocycles. The number of imidazole rings is 1. The van der Waals surface area contributed by atoms with Crippen LogP contribution in [0, 0.1) is 5.82 Å². The van der Waals surface area contributed by atoms with Crippen LogP contribution in [0.5, 0.6) is 0 Å². The highest BCUT2D eigenvalue weighted by Crippen LogP contribution is 2.16. The summed E-state index contributed by atoms with van der Waals surface area (Å²) in [5, 5.41) is 2.84. The van der Waals surface area contributed by atoms with Gasteiger partial charge in [0.2, 0.25) is 0 Å². The second kappa shape index (κ2) is 9.17. The normalized spacial score (nSPS) is 10.7. The standard InChI is InChI=1S/C22H25FN4O/c1-3-4-12-26(2)19-8-6-18(7-9-19)22(28)25-15-17-5-10-21(20(23)14-17)27-13-11-24-16-27/h5-11,13-14,16H,3-4,12,15H2,1-2H3,(H,25,28). The summed E-state index contributed by atoms with van der Waals surface area (Å²) in [4.78, 5) is 18.5. The first-order valence-corrected chi connectivity index (χ1v) is 9.44. The van der Waals surface area contributed by atoms with E-state index in [1.54, 1.807) is 35.4 Å². The van der Waals surface area contributed by atoms with Gasteiger partial charge in [0, 0.05) is 43.8 Å². The van der Waals surface area contributed by atoms with Gasteiger partial charge in [0.1, 0.15) is 5.82 Å². The van der Waals surface area contributed by atoms with Crippen LogP contribution in [0.15, 0.2) is 61.2 Å². The number of carbonyl (C=O) groups is 1. The van der Waals surface area contributed by atoms with Crippen molar-refractivity contribution in [2.75, 3.05) is 18.5 Å². The zero-order valence-corrected chi connectivity index (χ0v) is 16.2. The maximum Gasteiger partial charge on any atom is 0.251 e. The monoisotopic (exact) mass is 380 g/mol. The molecule has 3 aromatic rings. The molecule has 1 heterocycles. The summed E-state index contributed by atoms with van der Waals surface area (Å²) < 4.78 is 15.9. The molecule has 0 aliphatic heterocycles. The minimum Gasteiger partial charge on any atom is -0.375 e. The van der Waals surface area contributed by atoms with Crippen LogP contribution in [0.1, 0.15) is 35.7 Å². The first-order valence-electron chi connectivity index (χ1n) is 9.44. The number of anilines is 1. The number of nitrogens with zero attached hydrogens (tertiary/aromatic N) is 3. The van der Waals surface area contributed by atoms with Crippen molar-refractivity contribution in [1.82, 2.24) is 14.9 Å². The van der Waals surface area contributed by atoms with Crippen molar-refractivity contribution in [3.63, 3.8) is 0 Å². The van der Waals surface area contributed by atoms with Crippen molar-refractivity contribution >= 4 is 11.6 Å². The average molecular weight is 380 g/mol. The molecule has 0 atom stereocenters. The number of carbonyl (C=O) groups excluding carboxylic acids is 1. The van der Waals surface area contributed by atoms with Crippen molar-refractivity contribution < 1.29 is 9.18 Å². The number of hydrogen-bond acceptors (Lipinski definition) is 3. The van der Waals surface area contributed by atoms with E-state index in [-0.39, 0.29) is 18.3 Å². The molecule has 0 radical (unpaired) electrons. The third-order valence-corrected chi connectivity index (χ3v) is 4.67. The summed E-state index contributed by atoms with van der Waals surface area (Å²) in [5.41, 5.74) is 2.80. The molecule has 146 valence electrons. The van der Waals surface area contributed by atoms with E-state index in [0.717, 1.165) is 25.1 Å². The van der Waals surface area contributed by atoms with Crippen LogP contribution in [-0.4, -0.2) is 29.1 Å². The van der Waals surface area contributed by atoms with Crippen LogP contribution >= 0.6 is 0 Å². The molecular weight excluding hydrogens is 355 g/mol. The summed E-state index contributed by atoms with van der Waals surface area (Å²) in [5.74, 6) is -0.536. The Labute approximate surface area is 164 Å².